The summed E-state index contributed by atoms with van der Waals surface area (Å²) in [5, 5.41) is 13.4. The first kappa shape index (κ1) is 10.3. The van der Waals surface area contributed by atoms with Crippen LogP contribution in [0.25, 0.3) is 0 Å². The van der Waals surface area contributed by atoms with Crippen LogP contribution < -0.4 is 11.1 Å². The first-order chi connectivity index (χ1) is 6.15. The second kappa shape index (κ2) is 4.43. The molecule has 4 nitrogen and oxygen atoms in total. The van der Waals surface area contributed by atoms with Gasteiger partial charge in [-0.25, -0.2) is 0 Å². The molecule has 0 saturated carbocycles. The van der Waals surface area contributed by atoms with E-state index >= 15 is 0 Å². The van der Waals surface area contributed by atoms with Gasteiger partial charge in [0.15, 0.2) is 0 Å². The fourth-order valence-corrected chi connectivity index (χ4v) is 1.58. The molecule has 1 unspecified atom stereocenters. The maximum absolute atomic E-state index is 9.31. The van der Waals surface area contributed by atoms with Gasteiger partial charge in [0.2, 0.25) is 0 Å². The van der Waals surface area contributed by atoms with Crippen molar-refractivity contribution < 1.29 is 5.11 Å². The SMILES string of the molecule is CCC(O)CNc1snc(N)c1C. The average Bonchev–Trinajstić information content (AvgIpc) is 2.44. The highest BCUT2D eigenvalue weighted by molar-refractivity contribution is 7.10. The van der Waals surface area contributed by atoms with Crippen LogP contribution in [-0.2, 0) is 0 Å². The number of aliphatic hydroxyl groups excluding tert-OH is 1. The highest BCUT2D eigenvalue weighted by atomic mass is 32.1. The van der Waals surface area contributed by atoms with Crippen LogP contribution in [0, 0.1) is 6.92 Å². The zero-order valence-corrected chi connectivity index (χ0v) is 8.69. The molecule has 74 valence electrons. The van der Waals surface area contributed by atoms with Gasteiger partial charge in [-0.15, -0.1) is 0 Å². The highest BCUT2D eigenvalue weighted by Crippen LogP contribution is 2.24. The fraction of sp³-hybridized carbons (Fsp3) is 0.625. The zero-order chi connectivity index (χ0) is 9.84. The Bertz CT molecular complexity index is 274. The van der Waals surface area contributed by atoms with Gasteiger partial charge in [0.25, 0.3) is 0 Å². The monoisotopic (exact) mass is 201 g/mol. The Morgan fingerprint density at radius 3 is 2.85 bits per heavy atom. The number of nitrogen functional groups attached to an aromatic ring is 1. The summed E-state index contributed by atoms with van der Waals surface area (Å²) < 4.78 is 4.00. The molecule has 0 spiro atoms. The standard InChI is InChI=1S/C8H15N3OS/c1-3-6(12)4-10-8-5(2)7(9)11-13-8/h6,10,12H,3-4H2,1-2H3,(H2,9,11). The van der Waals surface area contributed by atoms with E-state index in [-0.39, 0.29) is 6.10 Å². The summed E-state index contributed by atoms with van der Waals surface area (Å²) in [6.07, 6.45) is 0.447. The number of nitrogens with zero attached hydrogens (tertiary/aromatic N) is 1. The van der Waals surface area contributed by atoms with Crippen molar-refractivity contribution in [2.45, 2.75) is 26.4 Å². The zero-order valence-electron chi connectivity index (χ0n) is 7.87. The number of hydrogen-bond acceptors (Lipinski definition) is 5. The van der Waals surface area contributed by atoms with E-state index in [2.05, 4.69) is 9.69 Å². The minimum atomic E-state index is -0.303. The summed E-state index contributed by atoms with van der Waals surface area (Å²) >= 11 is 1.33. The Balaban J connectivity index is 2.50. The van der Waals surface area contributed by atoms with Gasteiger partial charge in [0.05, 0.1) is 6.10 Å². The van der Waals surface area contributed by atoms with E-state index in [4.69, 9.17) is 5.73 Å². The summed E-state index contributed by atoms with van der Waals surface area (Å²) in [6.45, 7) is 4.42. The predicted octanol–water partition coefficient (Wildman–Crippen LogP) is 1.22. The number of rotatable bonds is 4. The molecule has 0 fully saturated rings. The van der Waals surface area contributed by atoms with Crippen LogP contribution in [0.2, 0.25) is 0 Å². The Kier molecular flexibility index (Phi) is 3.50. The van der Waals surface area contributed by atoms with Crippen molar-refractivity contribution in [2.24, 2.45) is 0 Å². The predicted molar refractivity (Wildman–Crippen MR) is 56.1 cm³/mol. The lowest BCUT2D eigenvalue weighted by atomic mass is 10.3. The van der Waals surface area contributed by atoms with Crippen molar-refractivity contribution in [3.63, 3.8) is 0 Å². The summed E-state index contributed by atoms with van der Waals surface area (Å²) in [6, 6.07) is 0. The van der Waals surface area contributed by atoms with E-state index in [1.807, 2.05) is 13.8 Å². The molecule has 1 aromatic heterocycles. The van der Waals surface area contributed by atoms with Gasteiger partial charge in [0, 0.05) is 12.1 Å². The second-order valence-corrected chi connectivity index (χ2v) is 3.74. The molecule has 0 aliphatic heterocycles. The van der Waals surface area contributed by atoms with Crippen molar-refractivity contribution >= 4 is 22.4 Å². The summed E-state index contributed by atoms with van der Waals surface area (Å²) in [7, 11) is 0. The third-order valence-electron chi connectivity index (χ3n) is 1.93. The van der Waals surface area contributed by atoms with Crippen LogP contribution in [0.1, 0.15) is 18.9 Å². The number of anilines is 2. The van der Waals surface area contributed by atoms with E-state index in [1.54, 1.807) is 0 Å². The molecule has 4 N–H and O–H groups in total. The van der Waals surface area contributed by atoms with E-state index in [0.717, 1.165) is 17.0 Å². The minimum absolute atomic E-state index is 0.303. The third kappa shape index (κ3) is 2.57. The van der Waals surface area contributed by atoms with E-state index in [1.165, 1.54) is 11.5 Å². The molecule has 0 radical (unpaired) electrons. The van der Waals surface area contributed by atoms with Gasteiger partial charge < -0.3 is 16.2 Å². The van der Waals surface area contributed by atoms with Gasteiger partial charge in [-0.2, -0.15) is 4.37 Å². The molecular formula is C8H15N3OS. The van der Waals surface area contributed by atoms with Crippen molar-refractivity contribution in [1.82, 2.24) is 4.37 Å². The van der Waals surface area contributed by atoms with E-state index in [9.17, 15) is 5.11 Å². The maximum atomic E-state index is 9.31. The van der Waals surface area contributed by atoms with Crippen LogP contribution in [0.3, 0.4) is 0 Å². The molecule has 0 amide bonds. The first-order valence-corrected chi connectivity index (χ1v) is 5.06. The first-order valence-electron chi connectivity index (χ1n) is 4.28. The molecule has 1 atom stereocenters. The van der Waals surface area contributed by atoms with Crippen molar-refractivity contribution in [1.29, 1.82) is 0 Å². The molecule has 0 saturated heterocycles. The van der Waals surface area contributed by atoms with Gasteiger partial charge in [-0.05, 0) is 24.9 Å². The smallest absolute Gasteiger partial charge is 0.142 e. The Morgan fingerprint density at radius 1 is 1.69 bits per heavy atom. The third-order valence-corrected chi connectivity index (χ3v) is 2.85. The number of hydrogen-bond donors (Lipinski definition) is 3. The molecule has 13 heavy (non-hydrogen) atoms. The number of aromatic nitrogens is 1. The number of nitrogens with two attached hydrogens (primary N) is 1. The molecule has 1 aromatic rings. The van der Waals surface area contributed by atoms with Gasteiger partial charge in [-0.1, -0.05) is 6.92 Å². The molecular weight excluding hydrogens is 186 g/mol. The highest BCUT2D eigenvalue weighted by Gasteiger charge is 2.07. The van der Waals surface area contributed by atoms with Crippen LogP contribution in [-0.4, -0.2) is 22.1 Å². The largest absolute Gasteiger partial charge is 0.391 e. The maximum Gasteiger partial charge on any atom is 0.142 e. The van der Waals surface area contributed by atoms with E-state index in [0.29, 0.717) is 12.4 Å². The van der Waals surface area contributed by atoms with Crippen molar-refractivity contribution in [3.8, 4) is 0 Å². The minimum Gasteiger partial charge on any atom is -0.391 e. The second-order valence-electron chi connectivity index (χ2n) is 2.96. The summed E-state index contributed by atoms with van der Waals surface area (Å²) in [4.78, 5) is 0. The van der Waals surface area contributed by atoms with Gasteiger partial charge in [-0.3, -0.25) is 0 Å². The Labute approximate surface area is 81.9 Å². The Morgan fingerprint density at radius 2 is 2.38 bits per heavy atom. The Hall–Kier alpha value is -0.810. The summed E-state index contributed by atoms with van der Waals surface area (Å²) in [5.74, 6) is 0.568. The molecule has 1 heterocycles. The lowest BCUT2D eigenvalue weighted by molar-refractivity contribution is 0.183. The van der Waals surface area contributed by atoms with Crippen LogP contribution >= 0.6 is 11.5 Å². The van der Waals surface area contributed by atoms with E-state index < -0.39 is 0 Å². The molecule has 0 aliphatic carbocycles. The lowest BCUT2D eigenvalue weighted by Gasteiger charge is -2.08. The van der Waals surface area contributed by atoms with Crippen LogP contribution in [0.4, 0.5) is 10.8 Å². The summed E-state index contributed by atoms with van der Waals surface area (Å²) in [5.41, 5.74) is 6.54. The van der Waals surface area contributed by atoms with Crippen LogP contribution in [0.15, 0.2) is 0 Å². The van der Waals surface area contributed by atoms with Gasteiger partial charge in [0.1, 0.15) is 10.8 Å². The average molecular weight is 201 g/mol. The van der Waals surface area contributed by atoms with Gasteiger partial charge >= 0.3 is 0 Å². The van der Waals surface area contributed by atoms with Crippen LogP contribution in [0.5, 0.6) is 0 Å². The molecule has 0 aromatic carbocycles. The lowest BCUT2D eigenvalue weighted by Crippen LogP contribution is -2.17. The fourth-order valence-electron chi connectivity index (χ4n) is 0.868. The molecule has 0 bridgehead atoms. The normalized spacial score (nSPS) is 12.8. The molecule has 0 aliphatic rings. The topological polar surface area (TPSA) is 71.2 Å². The molecule has 5 heteroatoms. The quantitative estimate of drug-likeness (QED) is 0.685. The van der Waals surface area contributed by atoms with Crippen molar-refractivity contribution in [3.05, 3.63) is 5.56 Å². The number of aliphatic hydroxyl groups is 1. The molecule has 1 rings (SSSR count). The van der Waals surface area contributed by atoms with Crippen molar-refractivity contribution in [2.75, 3.05) is 17.6 Å². The number of nitrogens with one attached hydrogen (secondary N) is 1.